The third-order valence-corrected chi connectivity index (χ3v) is 8.65. The van der Waals surface area contributed by atoms with E-state index in [1.54, 1.807) is 0 Å². The van der Waals surface area contributed by atoms with Gasteiger partial charge in [0, 0.05) is 31.4 Å². The lowest BCUT2D eigenvalue weighted by atomic mass is 9.93. The van der Waals surface area contributed by atoms with Crippen LogP contribution in [0.3, 0.4) is 0 Å². The van der Waals surface area contributed by atoms with Crippen LogP contribution in [0.2, 0.25) is 0 Å². The molecule has 0 radical (unpaired) electrons. The maximum Gasteiger partial charge on any atom is 0.235 e. The first kappa shape index (κ1) is 32.9. The molecule has 236 valence electrons. The van der Waals surface area contributed by atoms with Crippen LogP contribution >= 0.6 is 0 Å². The zero-order chi connectivity index (χ0) is 31.6. The number of phenolic OH excluding ortho intramolecular Hbond substituents is 1. The molecule has 1 aromatic heterocycles. The van der Waals surface area contributed by atoms with E-state index in [1.165, 1.54) is 44.1 Å². The third-order valence-electron chi connectivity index (χ3n) is 8.65. The summed E-state index contributed by atoms with van der Waals surface area (Å²) in [6.45, 7) is 14.1. The van der Waals surface area contributed by atoms with Crippen LogP contribution in [-0.2, 0) is 0 Å². The number of ether oxygens (including phenoxy) is 1. The summed E-state index contributed by atoms with van der Waals surface area (Å²) in [6, 6.07) is 10.3. The number of allylic oxidation sites excluding steroid dienone is 2. The highest BCUT2D eigenvalue weighted by molar-refractivity contribution is 5.88. The molecule has 0 amide bonds. The third kappa shape index (κ3) is 8.12. The Labute approximate surface area is 261 Å². The van der Waals surface area contributed by atoms with Gasteiger partial charge in [-0.05, 0) is 113 Å². The van der Waals surface area contributed by atoms with Crippen molar-refractivity contribution in [3.05, 3.63) is 83.6 Å². The van der Waals surface area contributed by atoms with E-state index < -0.39 is 11.2 Å². The van der Waals surface area contributed by atoms with Crippen LogP contribution in [0.25, 0.3) is 22.3 Å². The topological polar surface area (TPSA) is 89.6 Å². The molecule has 1 saturated heterocycles. The van der Waals surface area contributed by atoms with Crippen LogP contribution in [0.15, 0.2) is 82.6 Å². The molecular weight excluding hydrogens is 554 g/mol. The van der Waals surface area contributed by atoms with E-state index in [1.807, 2.05) is 36.4 Å². The number of fused-ring (bicyclic) bond motifs is 1. The van der Waals surface area contributed by atoms with Crippen LogP contribution in [0.1, 0.15) is 32.1 Å². The molecule has 1 fully saturated rings. The predicted molar refractivity (Wildman–Crippen MR) is 180 cm³/mol. The van der Waals surface area contributed by atoms with Crippen LogP contribution in [0, 0.1) is 5.92 Å². The average molecular weight is 602 g/mol. The molecule has 8 nitrogen and oxygen atoms in total. The van der Waals surface area contributed by atoms with Crippen molar-refractivity contribution in [2.24, 2.45) is 5.92 Å². The zero-order valence-electron chi connectivity index (χ0n) is 26.4. The number of methoxy groups -OCH3 is 1. The van der Waals surface area contributed by atoms with Gasteiger partial charge < -0.3 is 29.2 Å². The molecule has 2 aromatic carbocycles. The number of unbranched alkanes of at least 4 members (excludes halogenated alkanes) is 1. The zero-order valence-corrected chi connectivity index (χ0v) is 26.4. The largest absolute Gasteiger partial charge is 0.504 e. The smallest absolute Gasteiger partial charge is 0.235 e. The maximum absolute atomic E-state index is 12.8. The Morgan fingerprint density at radius 1 is 1.05 bits per heavy atom. The number of anilines is 1. The minimum atomic E-state index is -0.578. The van der Waals surface area contributed by atoms with Crippen LogP contribution < -0.4 is 15.1 Å². The summed E-state index contributed by atoms with van der Waals surface area (Å²) in [6.07, 6.45) is 11.8. The second-order valence-corrected chi connectivity index (χ2v) is 11.8. The molecule has 44 heavy (non-hydrogen) atoms. The van der Waals surface area contributed by atoms with Crippen LogP contribution in [0.5, 0.6) is 17.2 Å². The SMILES string of the molecule is C=C/C=C(\C=C)CN1CCC(CCN(C)CCCCN(C)c2ccc(-c3oc4c(OC)c(O)ccc4c(=O)c3O)cc2)CC1. The lowest BCUT2D eigenvalue weighted by Gasteiger charge is -2.33. The number of aromatic hydroxyl groups is 2. The number of piperidine rings is 1. The lowest BCUT2D eigenvalue weighted by molar-refractivity contribution is 0.179. The Hall–Kier alpha value is -4.01. The molecule has 1 aliphatic heterocycles. The fourth-order valence-electron chi connectivity index (χ4n) is 5.88. The minimum Gasteiger partial charge on any atom is -0.504 e. The number of phenols is 1. The number of nitrogens with zero attached hydrogens (tertiary/aromatic N) is 3. The van der Waals surface area contributed by atoms with Gasteiger partial charge >= 0.3 is 0 Å². The molecule has 0 atom stereocenters. The van der Waals surface area contributed by atoms with Crippen molar-refractivity contribution in [2.75, 3.05) is 65.4 Å². The van der Waals surface area contributed by atoms with Gasteiger partial charge in [-0.2, -0.15) is 0 Å². The molecule has 0 spiro atoms. The summed E-state index contributed by atoms with van der Waals surface area (Å²) in [7, 11) is 5.68. The van der Waals surface area contributed by atoms with Crippen molar-refractivity contribution in [3.8, 4) is 28.6 Å². The van der Waals surface area contributed by atoms with Gasteiger partial charge in [0.15, 0.2) is 17.1 Å². The number of benzene rings is 2. The number of hydrogen-bond donors (Lipinski definition) is 2. The summed E-state index contributed by atoms with van der Waals surface area (Å²) in [5.74, 6) is 0.280. The summed E-state index contributed by atoms with van der Waals surface area (Å²) < 4.78 is 11.1. The Morgan fingerprint density at radius 3 is 2.41 bits per heavy atom. The molecule has 8 heteroatoms. The molecular formula is C36H47N3O5. The second-order valence-electron chi connectivity index (χ2n) is 11.8. The monoisotopic (exact) mass is 601 g/mol. The Balaban J connectivity index is 1.21. The van der Waals surface area contributed by atoms with Crippen molar-refractivity contribution >= 4 is 16.7 Å². The van der Waals surface area contributed by atoms with E-state index in [2.05, 4.69) is 48.0 Å². The van der Waals surface area contributed by atoms with E-state index in [0.717, 1.165) is 63.7 Å². The Morgan fingerprint density at radius 2 is 1.75 bits per heavy atom. The Kier molecular flexibility index (Phi) is 11.7. The van der Waals surface area contributed by atoms with Crippen molar-refractivity contribution in [2.45, 2.75) is 32.1 Å². The summed E-state index contributed by atoms with van der Waals surface area (Å²) >= 11 is 0. The molecule has 0 bridgehead atoms. The van der Waals surface area contributed by atoms with Crippen LogP contribution in [-0.4, -0.2) is 80.5 Å². The fraction of sp³-hybridized carbons (Fsp3) is 0.417. The van der Waals surface area contributed by atoms with Gasteiger partial charge in [-0.15, -0.1) is 0 Å². The van der Waals surface area contributed by atoms with Crippen molar-refractivity contribution in [1.82, 2.24) is 9.80 Å². The maximum atomic E-state index is 12.8. The molecule has 0 saturated carbocycles. The van der Waals surface area contributed by atoms with Crippen molar-refractivity contribution < 1.29 is 19.4 Å². The number of rotatable bonds is 15. The van der Waals surface area contributed by atoms with Crippen molar-refractivity contribution in [1.29, 1.82) is 0 Å². The van der Waals surface area contributed by atoms with E-state index in [-0.39, 0.29) is 28.2 Å². The second kappa shape index (κ2) is 15.6. The highest BCUT2D eigenvalue weighted by atomic mass is 16.5. The quantitative estimate of drug-likeness (QED) is 0.152. The number of likely N-dealkylation sites (tertiary alicyclic amines) is 1. The van der Waals surface area contributed by atoms with Gasteiger partial charge in [-0.3, -0.25) is 9.69 Å². The first-order valence-electron chi connectivity index (χ1n) is 15.5. The summed E-state index contributed by atoms with van der Waals surface area (Å²) in [4.78, 5) is 20.0. The van der Waals surface area contributed by atoms with Gasteiger partial charge in [0.25, 0.3) is 0 Å². The van der Waals surface area contributed by atoms with Crippen LogP contribution in [0.4, 0.5) is 5.69 Å². The van der Waals surface area contributed by atoms with E-state index in [4.69, 9.17) is 9.15 Å². The summed E-state index contributed by atoms with van der Waals surface area (Å²) in [5, 5.41) is 20.8. The van der Waals surface area contributed by atoms with Gasteiger partial charge in [0.1, 0.15) is 0 Å². The predicted octanol–water partition coefficient (Wildman–Crippen LogP) is 6.43. The van der Waals surface area contributed by atoms with E-state index in [9.17, 15) is 15.0 Å². The molecule has 2 N–H and O–H groups in total. The lowest BCUT2D eigenvalue weighted by Crippen LogP contribution is -2.36. The molecule has 2 heterocycles. The molecule has 1 aliphatic rings. The van der Waals surface area contributed by atoms with Gasteiger partial charge in [-0.1, -0.05) is 31.4 Å². The number of hydrogen-bond acceptors (Lipinski definition) is 8. The standard InChI is InChI=1S/C36H47N3O5/c1-6-10-26(7-2)25-39-23-18-27(19-24-39)17-22-37(3)20-8-9-21-38(4)29-13-11-28(12-14-29)34-33(42)32(41)30-15-16-31(40)36(43-5)35(30)44-34/h6-7,10-16,27,40,42H,1-2,8-9,17-25H2,3-5H3/b26-10+. The fourth-order valence-corrected chi connectivity index (χ4v) is 5.88. The van der Waals surface area contributed by atoms with E-state index >= 15 is 0 Å². The first-order chi connectivity index (χ1) is 21.2. The molecule has 0 unspecified atom stereocenters. The van der Waals surface area contributed by atoms with Gasteiger partial charge in [0.2, 0.25) is 16.9 Å². The molecule has 0 aliphatic carbocycles. The van der Waals surface area contributed by atoms with Crippen molar-refractivity contribution in [3.63, 3.8) is 0 Å². The highest BCUT2D eigenvalue weighted by Gasteiger charge is 2.21. The summed E-state index contributed by atoms with van der Waals surface area (Å²) in [5.41, 5.74) is 2.35. The normalized spacial score (nSPS) is 14.7. The molecule has 4 rings (SSSR count). The van der Waals surface area contributed by atoms with Gasteiger partial charge in [-0.25, -0.2) is 0 Å². The highest BCUT2D eigenvalue weighted by Crippen LogP contribution is 2.38. The first-order valence-corrected chi connectivity index (χ1v) is 15.5. The van der Waals surface area contributed by atoms with Gasteiger partial charge in [0.05, 0.1) is 12.5 Å². The molecule has 3 aromatic rings. The minimum absolute atomic E-state index is 0.0386. The van der Waals surface area contributed by atoms with E-state index in [0.29, 0.717) is 5.56 Å². The Bertz CT molecular complexity index is 1500. The average Bonchev–Trinajstić information content (AvgIpc) is 3.04.